The molecule has 1 N–H and O–H groups in total. The maximum absolute atomic E-state index is 13.1. The van der Waals surface area contributed by atoms with E-state index in [-0.39, 0.29) is 30.3 Å². The molecule has 27 heavy (non-hydrogen) atoms. The van der Waals surface area contributed by atoms with Crippen LogP contribution in [0.25, 0.3) is 0 Å². The third-order valence-corrected chi connectivity index (χ3v) is 5.03. The van der Waals surface area contributed by atoms with Gasteiger partial charge in [0.05, 0.1) is 25.6 Å². The minimum absolute atomic E-state index is 0.0657. The van der Waals surface area contributed by atoms with Gasteiger partial charge in [-0.25, -0.2) is 0 Å². The van der Waals surface area contributed by atoms with Gasteiger partial charge in [-0.15, -0.1) is 0 Å². The van der Waals surface area contributed by atoms with Crippen LogP contribution < -0.4 is 10.1 Å². The van der Waals surface area contributed by atoms with Gasteiger partial charge in [0, 0.05) is 13.5 Å². The van der Waals surface area contributed by atoms with Crippen molar-refractivity contribution in [3.63, 3.8) is 0 Å². The molecule has 0 radical (unpaired) electrons. The van der Waals surface area contributed by atoms with Crippen molar-refractivity contribution < 1.29 is 14.3 Å². The summed E-state index contributed by atoms with van der Waals surface area (Å²) in [6, 6.07) is 17.3. The van der Waals surface area contributed by atoms with Gasteiger partial charge in [-0.05, 0) is 36.1 Å². The Morgan fingerprint density at radius 1 is 1.15 bits per heavy atom. The summed E-state index contributed by atoms with van der Waals surface area (Å²) in [7, 11) is 1.64. The van der Waals surface area contributed by atoms with Crippen molar-refractivity contribution >= 4 is 11.8 Å². The number of amides is 2. The van der Waals surface area contributed by atoms with Crippen LogP contribution in [0.4, 0.5) is 0 Å². The van der Waals surface area contributed by atoms with E-state index in [0.29, 0.717) is 0 Å². The zero-order valence-corrected chi connectivity index (χ0v) is 15.9. The van der Waals surface area contributed by atoms with E-state index < -0.39 is 0 Å². The quantitative estimate of drug-likeness (QED) is 0.849. The van der Waals surface area contributed by atoms with E-state index in [1.54, 1.807) is 7.11 Å². The highest BCUT2D eigenvalue weighted by molar-refractivity contribution is 5.80. The van der Waals surface area contributed by atoms with Crippen LogP contribution in [0, 0.1) is 0 Å². The first-order chi connectivity index (χ1) is 13.1. The summed E-state index contributed by atoms with van der Waals surface area (Å²) in [5, 5.41) is 2.92. The van der Waals surface area contributed by atoms with E-state index in [1.165, 1.54) is 6.92 Å². The van der Waals surface area contributed by atoms with Crippen LogP contribution in [-0.4, -0.2) is 30.4 Å². The second-order valence-corrected chi connectivity index (χ2v) is 6.89. The zero-order chi connectivity index (χ0) is 19.2. The summed E-state index contributed by atoms with van der Waals surface area (Å²) < 4.78 is 5.22. The molecule has 1 fully saturated rings. The Kier molecular flexibility index (Phi) is 6.12. The van der Waals surface area contributed by atoms with Gasteiger partial charge in [0.1, 0.15) is 5.75 Å². The Hall–Kier alpha value is -2.82. The molecule has 0 aromatic heterocycles. The normalized spacial score (nSPS) is 17.4. The Morgan fingerprint density at radius 2 is 1.85 bits per heavy atom. The van der Waals surface area contributed by atoms with Crippen LogP contribution in [0.5, 0.6) is 5.75 Å². The molecule has 3 rings (SSSR count). The number of methoxy groups -OCH3 is 1. The molecule has 0 aliphatic carbocycles. The molecule has 5 heteroatoms. The van der Waals surface area contributed by atoms with Gasteiger partial charge in [-0.3, -0.25) is 9.59 Å². The van der Waals surface area contributed by atoms with Crippen molar-refractivity contribution in [3.05, 3.63) is 65.7 Å². The number of carbonyl (C=O) groups is 2. The fraction of sp³-hybridized carbons (Fsp3) is 0.364. The van der Waals surface area contributed by atoms with E-state index in [9.17, 15) is 9.59 Å². The number of rotatable bonds is 6. The lowest BCUT2D eigenvalue weighted by Gasteiger charge is -2.27. The van der Waals surface area contributed by atoms with E-state index in [4.69, 9.17) is 4.74 Å². The van der Waals surface area contributed by atoms with Crippen molar-refractivity contribution in [1.29, 1.82) is 0 Å². The number of hydrogen-bond donors (Lipinski definition) is 1. The molecule has 2 aromatic carbocycles. The molecule has 1 aliphatic heterocycles. The van der Waals surface area contributed by atoms with E-state index in [0.717, 1.165) is 36.3 Å². The lowest BCUT2D eigenvalue weighted by atomic mass is 10.0. The Morgan fingerprint density at radius 3 is 2.48 bits per heavy atom. The van der Waals surface area contributed by atoms with Crippen molar-refractivity contribution in [1.82, 2.24) is 10.2 Å². The first-order valence-corrected chi connectivity index (χ1v) is 9.34. The van der Waals surface area contributed by atoms with Crippen LogP contribution in [0.2, 0.25) is 0 Å². The number of nitrogens with one attached hydrogen (secondary N) is 1. The molecule has 2 unspecified atom stereocenters. The third kappa shape index (κ3) is 4.67. The maximum Gasteiger partial charge on any atom is 0.225 e. The van der Waals surface area contributed by atoms with Crippen molar-refractivity contribution in [2.45, 2.75) is 38.3 Å². The van der Waals surface area contributed by atoms with E-state index >= 15 is 0 Å². The minimum atomic E-state index is -0.312. The van der Waals surface area contributed by atoms with Crippen molar-refractivity contribution in [2.75, 3.05) is 13.7 Å². The van der Waals surface area contributed by atoms with Gasteiger partial charge in [-0.1, -0.05) is 42.5 Å². The fourth-order valence-corrected chi connectivity index (χ4v) is 3.71. The smallest absolute Gasteiger partial charge is 0.225 e. The highest BCUT2D eigenvalue weighted by Gasteiger charge is 2.31. The van der Waals surface area contributed by atoms with E-state index in [2.05, 4.69) is 5.32 Å². The number of ether oxygens (including phenoxy) is 1. The molecule has 1 aliphatic rings. The average Bonchev–Trinajstić information content (AvgIpc) is 3.18. The fourth-order valence-electron chi connectivity index (χ4n) is 3.71. The standard InChI is InChI=1S/C22H26N2O3/c1-16(25)23-20(17-7-4-3-5-8-17)15-22(26)24-14-6-9-21(24)18-10-12-19(27-2)13-11-18/h3-5,7-8,10-13,20-21H,6,9,14-15H2,1-2H3,(H,23,25). The minimum Gasteiger partial charge on any atom is -0.497 e. The molecule has 0 saturated carbocycles. The lowest BCUT2D eigenvalue weighted by molar-refractivity contribution is -0.133. The van der Waals surface area contributed by atoms with Crippen molar-refractivity contribution in [3.8, 4) is 5.75 Å². The van der Waals surface area contributed by atoms with Crippen LogP contribution >= 0.6 is 0 Å². The number of hydrogen-bond acceptors (Lipinski definition) is 3. The molecule has 2 amide bonds. The highest BCUT2D eigenvalue weighted by Crippen LogP contribution is 2.34. The topological polar surface area (TPSA) is 58.6 Å². The molecule has 2 atom stereocenters. The van der Waals surface area contributed by atoms with Crippen LogP contribution in [0.15, 0.2) is 54.6 Å². The predicted octanol–water partition coefficient (Wildman–Crippen LogP) is 3.63. The Labute approximate surface area is 160 Å². The molecular formula is C22H26N2O3. The number of benzene rings is 2. The monoisotopic (exact) mass is 366 g/mol. The van der Waals surface area contributed by atoms with Gasteiger partial charge >= 0.3 is 0 Å². The summed E-state index contributed by atoms with van der Waals surface area (Å²) in [6.07, 6.45) is 2.20. The number of nitrogens with zero attached hydrogens (tertiary/aromatic N) is 1. The molecule has 142 valence electrons. The third-order valence-electron chi connectivity index (χ3n) is 5.03. The summed E-state index contributed by atoms with van der Waals surface area (Å²) in [5.74, 6) is 0.741. The SMILES string of the molecule is COc1ccc(C2CCCN2C(=O)CC(NC(C)=O)c2ccccc2)cc1. The predicted molar refractivity (Wildman–Crippen MR) is 104 cm³/mol. The van der Waals surface area contributed by atoms with Gasteiger partial charge in [0.2, 0.25) is 11.8 Å². The molecule has 1 saturated heterocycles. The molecule has 2 aromatic rings. The van der Waals surface area contributed by atoms with E-state index in [1.807, 2.05) is 59.5 Å². The summed E-state index contributed by atoms with van der Waals surface area (Å²) in [6.45, 7) is 2.23. The first kappa shape index (κ1) is 19.0. The van der Waals surface area contributed by atoms with Crippen LogP contribution in [0.1, 0.15) is 49.4 Å². The van der Waals surface area contributed by atoms with Gasteiger partial charge in [-0.2, -0.15) is 0 Å². The maximum atomic E-state index is 13.1. The Balaban J connectivity index is 1.75. The summed E-state index contributed by atoms with van der Waals surface area (Å²) in [4.78, 5) is 26.6. The highest BCUT2D eigenvalue weighted by atomic mass is 16.5. The molecule has 0 bridgehead atoms. The number of carbonyl (C=O) groups excluding carboxylic acids is 2. The van der Waals surface area contributed by atoms with Gasteiger partial charge in [0.15, 0.2) is 0 Å². The molecule has 0 spiro atoms. The molecule has 1 heterocycles. The largest absolute Gasteiger partial charge is 0.497 e. The van der Waals surface area contributed by atoms with Crippen LogP contribution in [0.3, 0.4) is 0 Å². The number of likely N-dealkylation sites (tertiary alicyclic amines) is 1. The van der Waals surface area contributed by atoms with Crippen molar-refractivity contribution in [2.24, 2.45) is 0 Å². The first-order valence-electron chi connectivity index (χ1n) is 9.34. The van der Waals surface area contributed by atoms with Gasteiger partial charge < -0.3 is 15.0 Å². The summed E-state index contributed by atoms with van der Waals surface area (Å²) >= 11 is 0. The zero-order valence-electron chi connectivity index (χ0n) is 15.9. The second-order valence-electron chi connectivity index (χ2n) is 6.89. The Bertz CT molecular complexity index is 774. The average molecular weight is 366 g/mol. The molecule has 5 nitrogen and oxygen atoms in total. The van der Waals surface area contributed by atoms with Crippen LogP contribution in [-0.2, 0) is 9.59 Å². The molecular weight excluding hydrogens is 340 g/mol. The summed E-state index contributed by atoms with van der Waals surface area (Å²) in [5.41, 5.74) is 2.07. The van der Waals surface area contributed by atoms with Gasteiger partial charge in [0.25, 0.3) is 0 Å². The second kappa shape index (κ2) is 8.71. The lowest BCUT2D eigenvalue weighted by Crippen LogP contribution is -2.35.